The first-order chi connectivity index (χ1) is 12.1. The van der Waals surface area contributed by atoms with Gasteiger partial charge in [0, 0.05) is 33.8 Å². The maximum atomic E-state index is 5.71. The Morgan fingerprint density at radius 2 is 2.35 bits per heavy atom. The molecular weight excluding hydrogens is 463 g/mol. The topological polar surface area (TPSA) is 67.6 Å². The number of hydrogen-bond acceptors (Lipinski definition) is 5. The summed E-state index contributed by atoms with van der Waals surface area (Å²) < 4.78 is 7.69. The molecule has 144 valence electrons. The zero-order chi connectivity index (χ0) is 17.6. The maximum absolute atomic E-state index is 5.71. The second kappa shape index (κ2) is 10.2. The lowest BCUT2D eigenvalue weighted by molar-refractivity contribution is 0.113. The van der Waals surface area contributed by atoms with Gasteiger partial charge in [-0.25, -0.2) is 4.99 Å². The molecular formula is C17H27IN6OS. The smallest absolute Gasteiger partial charge is 0.194 e. The minimum absolute atomic E-state index is 0. The zero-order valence-electron chi connectivity index (χ0n) is 15.5. The van der Waals surface area contributed by atoms with E-state index in [1.165, 1.54) is 5.56 Å². The summed E-state index contributed by atoms with van der Waals surface area (Å²) in [6.45, 7) is 4.91. The highest BCUT2D eigenvalue weighted by molar-refractivity contribution is 14.0. The van der Waals surface area contributed by atoms with Gasteiger partial charge in [-0.3, -0.25) is 0 Å². The highest BCUT2D eigenvalue weighted by Crippen LogP contribution is 2.12. The van der Waals surface area contributed by atoms with Gasteiger partial charge in [0.05, 0.1) is 6.10 Å². The molecule has 0 amide bonds. The van der Waals surface area contributed by atoms with Crippen molar-refractivity contribution in [1.29, 1.82) is 0 Å². The van der Waals surface area contributed by atoms with Crippen LogP contribution in [0.25, 0.3) is 0 Å². The molecule has 0 radical (unpaired) electrons. The highest BCUT2D eigenvalue weighted by Gasteiger charge is 2.17. The summed E-state index contributed by atoms with van der Waals surface area (Å²) in [5.74, 6) is 2.62. The van der Waals surface area contributed by atoms with Crippen LogP contribution in [0, 0.1) is 6.92 Å². The van der Waals surface area contributed by atoms with Crippen LogP contribution < -0.4 is 5.32 Å². The van der Waals surface area contributed by atoms with Gasteiger partial charge in [-0.15, -0.1) is 34.2 Å². The lowest BCUT2D eigenvalue weighted by Crippen LogP contribution is -2.42. The van der Waals surface area contributed by atoms with E-state index in [0.717, 1.165) is 50.1 Å². The number of aryl methyl sites for hydroxylation is 1. The van der Waals surface area contributed by atoms with Crippen LogP contribution in [-0.2, 0) is 24.9 Å². The van der Waals surface area contributed by atoms with E-state index in [0.29, 0.717) is 6.54 Å². The molecule has 1 fully saturated rings. The third kappa shape index (κ3) is 5.65. The largest absolute Gasteiger partial charge is 0.376 e. The minimum Gasteiger partial charge on any atom is -0.376 e. The number of ether oxygens (including phenoxy) is 1. The van der Waals surface area contributed by atoms with Crippen molar-refractivity contribution in [2.75, 3.05) is 20.2 Å². The molecule has 7 nitrogen and oxygen atoms in total. The third-order valence-corrected chi connectivity index (χ3v) is 5.16. The van der Waals surface area contributed by atoms with E-state index < -0.39 is 0 Å². The summed E-state index contributed by atoms with van der Waals surface area (Å²) in [6.07, 6.45) is 2.52. The quantitative estimate of drug-likeness (QED) is 0.383. The molecule has 0 spiro atoms. The van der Waals surface area contributed by atoms with Crippen molar-refractivity contribution in [2.24, 2.45) is 12.0 Å². The molecule has 0 saturated carbocycles. The summed E-state index contributed by atoms with van der Waals surface area (Å²) >= 11 is 1.71. The van der Waals surface area contributed by atoms with Crippen LogP contribution in [0.1, 0.15) is 30.1 Å². The van der Waals surface area contributed by atoms with E-state index in [4.69, 9.17) is 9.73 Å². The molecule has 1 N–H and O–H groups in total. The van der Waals surface area contributed by atoms with Crippen LogP contribution in [0.5, 0.6) is 0 Å². The molecule has 9 heteroatoms. The maximum Gasteiger partial charge on any atom is 0.194 e. The van der Waals surface area contributed by atoms with Crippen molar-refractivity contribution >= 4 is 41.3 Å². The average molecular weight is 490 g/mol. The molecule has 3 heterocycles. The fourth-order valence-electron chi connectivity index (χ4n) is 2.79. The van der Waals surface area contributed by atoms with Gasteiger partial charge in [0.1, 0.15) is 12.4 Å². The molecule has 26 heavy (non-hydrogen) atoms. The van der Waals surface area contributed by atoms with Crippen LogP contribution in [-0.4, -0.2) is 51.9 Å². The SMILES string of the molecule is Cc1nnc(CN=C(NCC2CCCO2)N(C)Cc2ccsc2)n1C.I. The molecule has 1 aliphatic heterocycles. The summed E-state index contributed by atoms with van der Waals surface area (Å²) in [5, 5.41) is 16.0. The van der Waals surface area contributed by atoms with E-state index in [1.54, 1.807) is 11.3 Å². The lowest BCUT2D eigenvalue weighted by Gasteiger charge is -2.23. The van der Waals surface area contributed by atoms with Gasteiger partial charge >= 0.3 is 0 Å². The zero-order valence-corrected chi connectivity index (χ0v) is 18.7. The van der Waals surface area contributed by atoms with Crippen LogP contribution in [0.4, 0.5) is 0 Å². The van der Waals surface area contributed by atoms with Crippen molar-refractivity contribution in [1.82, 2.24) is 25.0 Å². The van der Waals surface area contributed by atoms with Gasteiger partial charge < -0.3 is 19.5 Å². The summed E-state index contributed by atoms with van der Waals surface area (Å²) in [6, 6.07) is 2.14. The lowest BCUT2D eigenvalue weighted by atomic mass is 10.2. The van der Waals surface area contributed by atoms with Gasteiger partial charge in [-0.05, 0) is 42.2 Å². The fourth-order valence-corrected chi connectivity index (χ4v) is 3.45. The van der Waals surface area contributed by atoms with Gasteiger partial charge in [0.2, 0.25) is 0 Å². The van der Waals surface area contributed by atoms with E-state index in [-0.39, 0.29) is 30.1 Å². The molecule has 0 aliphatic carbocycles. The molecule has 1 unspecified atom stereocenters. The first-order valence-corrected chi connectivity index (χ1v) is 9.54. The Morgan fingerprint density at radius 1 is 1.50 bits per heavy atom. The fraction of sp³-hybridized carbons (Fsp3) is 0.588. The first kappa shape index (κ1) is 21.1. The predicted molar refractivity (Wildman–Crippen MR) is 115 cm³/mol. The molecule has 0 aromatic carbocycles. The number of nitrogens with one attached hydrogen (secondary N) is 1. The van der Waals surface area contributed by atoms with E-state index in [9.17, 15) is 0 Å². The minimum atomic E-state index is 0. The number of thiophene rings is 1. The molecule has 0 bridgehead atoms. The van der Waals surface area contributed by atoms with Crippen molar-refractivity contribution in [2.45, 2.75) is 39.0 Å². The molecule has 3 rings (SSSR count). The second-order valence-corrected chi connectivity index (χ2v) is 7.15. The Labute approximate surface area is 175 Å². The van der Waals surface area contributed by atoms with Crippen LogP contribution >= 0.6 is 35.3 Å². The number of aromatic nitrogens is 3. The predicted octanol–water partition coefficient (Wildman–Crippen LogP) is 2.56. The Morgan fingerprint density at radius 3 is 2.96 bits per heavy atom. The van der Waals surface area contributed by atoms with E-state index in [1.807, 2.05) is 18.5 Å². The Balaban J connectivity index is 0.00000243. The third-order valence-electron chi connectivity index (χ3n) is 4.43. The summed E-state index contributed by atoms with van der Waals surface area (Å²) in [4.78, 5) is 6.90. The normalized spacial score (nSPS) is 17.2. The van der Waals surface area contributed by atoms with Gasteiger partial charge in [-0.1, -0.05) is 0 Å². The van der Waals surface area contributed by atoms with Gasteiger partial charge in [-0.2, -0.15) is 11.3 Å². The second-order valence-electron chi connectivity index (χ2n) is 6.37. The molecule has 2 aromatic heterocycles. The number of hydrogen-bond donors (Lipinski definition) is 1. The first-order valence-electron chi connectivity index (χ1n) is 8.60. The van der Waals surface area contributed by atoms with Crippen LogP contribution in [0.2, 0.25) is 0 Å². The van der Waals surface area contributed by atoms with E-state index in [2.05, 4.69) is 44.3 Å². The molecule has 1 saturated heterocycles. The number of halogens is 1. The Bertz CT molecular complexity index is 696. The van der Waals surface area contributed by atoms with Crippen molar-refractivity contribution in [3.63, 3.8) is 0 Å². The van der Waals surface area contributed by atoms with Crippen LogP contribution in [0.15, 0.2) is 21.8 Å². The Kier molecular flexibility index (Phi) is 8.29. The average Bonchev–Trinajstić information content (AvgIpc) is 3.34. The highest BCUT2D eigenvalue weighted by atomic mass is 127. The number of nitrogens with zero attached hydrogens (tertiary/aromatic N) is 5. The number of aliphatic imine (C=N–C) groups is 1. The standard InChI is InChI=1S/C17H26N6OS.HI/c1-13-20-21-16(23(13)3)10-19-17(18-9-15-5-4-7-24-15)22(2)11-14-6-8-25-12-14;/h6,8,12,15H,4-5,7,9-11H2,1-3H3,(H,18,19);1H. The Hall–Kier alpha value is -1.20. The van der Waals surface area contributed by atoms with Crippen molar-refractivity contribution in [3.05, 3.63) is 34.0 Å². The number of rotatable bonds is 6. The summed E-state index contributed by atoms with van der Waals surface area (Å²) in [7, 11) is 4.02. The monoisotopic (exact) mass is 490 g/mol. The number of guanidine groups is 1. The van der Waals surface area contributed by atoms with Crippen molar-refractivity contribution in [3.8, 4) is 0 Å². The molecule has 1 aliphatic rings. The van der Waals surface area contributed by atoms with Gasteiger partial charge in [0.25, 0.3) is 0 Å². The molecule has 1 atom stereocenters. The van der Waals surface area contributed by atoms with Gasteiger partial charge in [0.15, 0.2) is 11.8 Å². The molecule has 2 aromatic rings. The van der Waals surface area contributed by atoms with E-state index >= 15 is 0 Å². The van der Waals surface area contributed by atoms with Crippen LogP contribution in [0.3, 0.4) is 0 Å². The van der Waals surface area contributed by atoms with Crippen molar-refractivity contribution < 1.29 is 4.74 Å². The summed E-state index contributed by atoms with van der Waals surface area (Å²) in [5.41, 5.74) is 1.29.